The van der Waals surface area contributed by atoms with Gasteiger partial charge in [-0.1, -0.05) is 29.8 Å². The van der Waals surface area contributed by atoms with Crippen molar-refractivity contribution in [3.05, 3.63) is 64.9 Å². The summed E-state index contributed by atoms with van der Waals surface area (Å²) in [5.41, 5.74) is 2.45. The van der Waals surface area contributed by atoms with Crippen LogP contribution < -0.4 is 0 Å². The fourth-order valence-electron chi connectivity index (χ4n) is 2.28. The second kappa shape index (κ2) is 5.72. The average Bonchev–Trinajstić information content (AvgIpc) is 3.26. The van der Waals surface area contributed by atoms with E-state index in [9.17, 15) is 0 Å². The van der Waals surface area contributed by atoms with Crippen LogP contribution >= 0.6 is 11.6 Å². The Morgan fingerprint density at radius 2 is 1.84 bits per heavy atom. The molecular formula is C16H17ClN2. The predicted octanol–water partition coefficient (Wildman–Crippen LogP) is 3.90. The van der Waals surface area contributed by atoms with Crippen molar-refractivity contribution in [2.75, 3.05) is 0 Å². The lowest BCUT2D eigenvalue weighted by Crippen LogP contribution is -2.25. The van der Waals surface area contributed by atoms with Crippen LogP contribution in [0.3, 0.4) is 0 Å². The van der Waals surface area contributed by atoms with Crippen molar-refractivity contribution in [3.8, 4) is 0 Å². The lowest BCUT2D eigenvalue weighted by molar-refractivity contribution is 0.243. The van der Waals surface area contributed by atoms with Gasteiger partial charge in [0.2, 0.25) is 0 Å². The predicted molar refractivity (Wildman–Crippen MR) is 78.0 cm³/mol. The maximum Gasteiger partial charge on any atom is 0.0544 e. The van der Waals surface area contributed by atoms with E-state index in [1.54, 1.807) is 0 Å². The average molecular weight is 273 g/mol. The SMILES string of the molecule is Clc1ccc(CN(Cc2ccccn2)C2CC2)cc1. The standard InChI is InChI=1S/C16H17ClN2/c17-14-6-4-13(5-7-14)11-19(16-8-9-16)12-15-3-1-2-10-18-15/h1-7,10,16H,8-9,11-12H2. The van der Waals surface area contributed by atoms with Gasteiger partial charge in [0.1, 0.15) is 0 Å². The monoisotopic (exact) mass is 272 g/mol. The van der Waals surface area contributed by atoms with Crippen LogP contribution in [0.25, 0.3) is 0 Å². The zero-order valence-corrected chi connectivity index (χ0v) is 11.6. The first-order valence-corrected chi connectivity index (χ1v) is 7.07. The molecule has 19 heavy (non-hydrogen) atoms. The van der Waals surface area contributed by atoms with E-state index in [2.05, 4.69) is 34.1 Å². The van der Waals surface area contributed by atoms with Crippen LogP contribution in [0, 0.1) is 0 Å². The fourth-order valence-corrected chi connectivity index (χ4v) is 2.40. The summed E-state index contributed by atoms with van der Waals surface area (Å²) in [6, 6.07) is 15.0. The molecule has 1 aliphatic carbocycles. The maximum absolute atomic E-state index is 5.93. The Kier molecular flexibility index (Phi) is 3.81. The van der Waals surface area contributed by atoms with Crippen molar-refractivity contribution >= 4 is 11.6 Å². The van der Waals surface area contributed by atoms with Gasteiger partial charge in [0.15, 0.2) is 0 Å². The first kappa shape index (κ1) is 12.6. The van der Waals surface area contributed by atoms with Crippen molar-refractivity contribution < 1.29 is 0 Å². The quantitative estimate of drug-likeness (QED) is 0.821. The largest absolute Gasteiger partial charge is 0.290 e. The molecule has 2 aromatic rings. The second-order valence-electron chi connectivity index (χ2n) is 5.08. The van der Waals surface area contributed by atoms with Gasteiger partial charge in [-0.05, 0) is 42.7 Å². The molecule has 1 heterocycles. The van der Waals surface area contributed by atoms with Crippen LogP contribution in [-0.4, -0.2) is 15.9 Å². The summed E-state index contributed by atoms with van der Waals surface area (Å²) in [5, 5.41) is 0.798. The number of benzene rings is 1. The van der Waals surface area contributed by atoms with E-state index in [1.807, 2.05) is 24.4 Å². The van der Waals surface area contributed by atoms with E-state index in [0.717, 1.165) is 29.8 Å². The minimum atomic E-state index is 0.720. The van der Waals surface area contributed by atoms with Gasteiger partial charge in [-0.15, -0.1) is 0 Å². The minimum absolute atomic E-state index is 0.720. The molecule has 1 aromatic carbocycles. The Balaban J connectivity index is 1.69. The van der Waals surface area contributed by atoms with E-state index < -0.39 is 0 Å². The van der Waals surface area contributed by atoms with Gasteiger partial charge in [-0.3, -0.25) is 9.88 Å². The van der Waals surface area contributed by atoms with Crippen LogP contribution in [-0.2, 0) is 13.1 Å². The van der Waals surface area contributed by atoms with Gasteiger partial charge >= 0.3 is 0 Å². The minimum Gasteiger partial charge on any atom is -0.290 e. The van der Waals surface area contributed by atoms with Crippen LogP contribution in [0.1, 0.15) is 24.1 Å². The topological polar surface area (TPSA) is 16.1 Å². The zero-order valence-electron chi connectivity index (χ0n) is 10.8. The molecule has 0 bridgehead atoms. The van der Waals surface area contributed by atoms with Gasteiger partial charge < -0.3 is 0 Å². The molecular weight excluding hydrogens is 256 g/mol. The third-order valence-corrected chi connectivity index (χ3v) is 3.71. The lowest BCUT2D eigenvalue weighted by atomic mass is 10.2. The molecule has 0 aliphatic heterocycles. The van der Waals surface area contributed by atoms with Gasteiger partial charge in [-0.25, -0.2) is 0 Å². The van der Waals surface area contributed by atoms with Crippen LogP contribution in [0.5, 0.6) is 0 Å². The highest BCUT2D eigenvalue weighted by Crippen LogP contribution is 2.29. The first-order valence-electron chi connectivity index (χ1n) is 6.70. The summed E-state index contributed by atoms with van der Waals surface area (Å²) in [6.45, 7) is 1.90. The van der Waals surface area contributed by atoms with Crippen molar-refractivity contribution in [1.29, 1.82) is 0 Å². The third kappa shape index (κ3) is 3.55. The molecule has 98 valence electrons. The fraction of sp³-hybridized carbons (Fsp3) is 0.312. The number of pyridine rings is 1. The highest BCUT2D eigenvalue weighted by atomic mass is 35.5. The first-order chi connectivity index (χ1) is 9.31. The molecule has 0 atom stereocenters. The third-order valence-electron chi connectivity index (χ3n) is 3.45. The summed E-state index contributed by atoms with van der Waals surface area (Å²) in [6.07, 6.45) is 4.48. The Morgan fingerprint density at radius 1 is 1.05 bits per heavy atom. The Morgan fingerprint density at radius 3 is 2.47 bits per heavy atom. The van der Waals surface area contributed by atoms with Gasteiger partial charge in [0.25, 0.3) is 0 Å². The van der Waals surface area contributed by atoms with Crippen LogP contribution in [0.2, 0.25) is 5.02 Å². The highest BCUT2D eigenvalue weighted by Gasteiger charge is 2.29. The number of nitrogens with zero attached hydrogens (tertiary/aromatic N) is 2. The summed E-state index contributed by atoms with van der Waals surface area (Å²) in [5.74, 6) is 0. The molecule has 1 fully saturated rings. The van der Waals surface area contributed by atoms with E-state index >= 15 is 0 Å². The number of halogens is 1. The molecule has 1 aromatic heterocycles. The number of rotatable bonds is 5. The van der Waals surface area contributed by atoms with Crippen molar-refractivity contribution in [2.24, 2.45) is 0 Å². The summed E-state index contributed by atoms with van der Waals surface area (Å²) in [7, 11) is 0. The van der Waals surface area contributed by atoms with Gasteiger partial charge in [0, 0.05) is 30.4 Å². The Labute approximate surface area is 119 Å². The molecule has 2 nitrogen and oxygen atoms in total. The molecule has 1 saturated carbocycles. The second-order valence-corrected chi connectivity index (χ2v) is 5.52. The van der Waals surface area contributed by atoms with E-state index in [1.165, 1.54) is 18.4 Å². The molecule has 0 N–H and O–H groups in total. The summed E-state index contributed by atoms with van der Waals surface area (Å²) < 4.78 is 0. The molecule has 0 amide bonds. The summed E-state index contributed by atoms with van der Waals surface area (Å²) >= 11 is 5.93. The number of aromatic nitrogens is 1. The maximum atomic E-state index is 5.93. The molecule has 0 saturated heterocycles. The molecule has 3 rings (SSSR count). The summed E-state index contributed by atoms with van der Waals surface area (Å²) in [4.78, 5) is 6.93. The van der Waals surface area contributed by atoms with Gasteiger partial charge in [0.05, 0.1) is 5.69 Å². The molecule has 1 aliphatic rings. The molecule has 0 radical (unpaired) electrons. The van der Waals surface area contributed by atoms with Gasteiger partial charge in [-0.2, -0.15) is 0 Å². The smallest absolute Gasteiger partial charge is 0.0544 e. The highest BCUT2D eigenvalue weighted by molar-refractivity contribution is 6.30. The van der Waals surface area contributed by atoms with Crippen molar-refractivity contribution in [1.82, 2.24) is 9.88 Å². The molecule has 3 heteroatoms. The zero-order chi connectivity index (χ0) is 13.1. The molecule has 0 spiro atoms. The number of hydrogen-bond acceptors (Lipinski definition) is 2. The van der Waals surface area contributed by atoms with E-state index in [-0.39, 0.29) is 0 Å². The Bertz CT molecular complexity index is 520. The van der Waals surface area contributed by atoms with Crippen LogP contribution in [0.4, 0.5) is 0 Å². The normalized spacial score (nSPS) is 14.8. The van der Waals surface area contributed by atoms with Crippen molar-refractivity contribution in [3.63, 3.8) is 0 Å². The van der Waals surface area contributed by atoms with E-state index in [0.29, 0.717) is 0 Å². The van der Waals surface area contributed by atoms with E-state index in [4.69, 9.17) is 11.6 Å². The Hall–Kier alpha value is -1.38. The van der Waals surface area contributed by atoms with Crippen LogP contribution in [0.15, 0.2) is 48.7 Å². The number of hydrogen-bond donors (Lipinski definition) is 0. The lowest BCUT2D eigenvalue weighted by Gasteiger charge is -2.21. The van der Waals surface area contributed by atoms with Crippen molar-refractivity contribution in [2.45, 2.75) is 32.0 Å². The molecule has 0 unspecified atom stereocenters.